The monoisotopic (exact) mass is 287 g/mol. The van der Waals surface area contributed by atoms with E-state index in [-0.39, 0.29) is 0 Å². The number of hydrogen-bond acceptors (Lipinski definition) is 0. The Bertz CT molecular complexity index is 641. The minimum atomic E-state index is 0.830. The Morgan fingerprint density at radius 1 is 0.773 bits per heavy atom. The average molecular weight is 287 g/mol. The highest BCUT2D eigenvalue weighted by atomic mass is 14.5. The third kappa shape index (κ3) is 2.04. The Kier molecular flexibility index (Phi) is 2.93. The predicted octanol–water partition coefficient (Wildman–Crippen LogP) is 5.69. The minimum absolute atomic E-state index is 0.830. The normalized spacial score (nSPS) is 35.7. The van der Waals surface area contributed by atoms with Gasteiger partial charge in [-0.2, -0.15) is 0 Å². The van der Waals surface area contributed by atoms with Crippen LogP contribution in [0.15, 0.2) is 48.5 Å². The van der Waals surface area contributed by atoms with Gasteiger partial charge in [0.15, 0.2) is 0 Å². The van der Waals surface area contributed by atoms with Gasteiger partial charge in [0.1, 0.15) is 0 Å². The number of rotatable bonds is 2. The highest BCUT2D eigenvalue weighted by molar-refractivity contribution is 5.63. The molecule has 0 aromatic heterocycles. The van der Waals surface area contributed by atoms with E-state index in [2.05, 4.69) is 42.5 Å². The third-order valence-corrected chi connectivity index (χ3v) is 6.52. The summed E-state index contributed by atoms with van der Waals surface area (Å²) in [5.41, 5.74) is 4.17. The van der Waals surface area contributed by atoms with E-state index in [1.807, 2.05) is 12.1 Å². The van der Waals surface area contributed by atoms with Gasteiger partial charge in [0.2, 0.25) is 0 Å². The van der Waals surface area contributed by atoms with Crippen molar-refractivity contribution in [2.75, 3.05) is 0 Å². The first-order valence-corrected chi connectivity index (χ1v) is 8.94. The molecule has 1 radical (unpaired) electrons. The van der Waals surface area contributed by atoms with Crippen LogP contribution in [0.4, 0.5) is 0 Å². The summed E-state index contributed by atoms with van der Waals surface area (Å²) in [5, 5.41) is 0. The number of benzene rings is 2. The van der Waals surface area contributed by atoms with Crippen molar-refractivity contribution in [1.29, 1.82) is 0 Å². The van der Waals surface area contributed by atoms with Crippen LogP contribution in [-0.2, 0) is 0 Å². The van der Waals surface area contributed by atoms with Gasteiger partial charge in [0, 0.05) is 0 Å². The molecule has 111 valence electrons. The lowest BCUT2D eigenvalue weighted by molar-refractivity contribution is -0.00276. The molecule has 0 atom stereocenters. The lowest BCUT2D eigenvalue weighted by atomic mass is 9.50. The SMILES string of the molecule is [c]1ccccc1-c1cccc(C2C3CC4CC(C3)CC2C4)c1. The topological polar surface area (TPSA) is 0 Å². The van der Waals surface area contributed by atoms with Crippen LogP contribution in [0, 0.1) is 29.7 Å². The lowest BCUT2D eigenvalue weighted by Gasteiger charge is -2.54. The van der Waals surface area contributed by atoms with Crippen molar-refractivity contribution in [3.05, 3.63) is 60.2 Å². The van der Waals surface area contributed by atoms with Crippen LogP contribution >= 0.6 is 0 Å². The first kappa shape index (κ1) is 12.9. The standard InChI is InChI=1S/C22H23/c1-2-5-17(6-3-1)18-7-4-8-19(14-18)22-20-10-15-9-16(12-20)13-21(22)11-15/h1-5,7-8,14-16,20-22H,9-13H2. The van der Waals surface area contributed by atoms with E-state index in [0.29, 0.717) is 0 Å². The van der Waals surface area contributed by atoms with Gasteiger partial charge in [-0.15, -0.1) is 0 Å². The first-order chi connectivity index (χ1) is 10.9. The minimum Gasteiger partial charge on any atom is -0.0616 e. The average Bonchev–Trinajstić information content (AvgIpc) is 2.55. The zero-order valence-corrected chi connectivity index (χ0v) is 13.0. The van der Waals surface area contributed by atoms with Gasteiger partial charge in [-0.25, -0.2) is 0 Å². The molecule has 0 amide bonds. The molecule has 22 heavy (non-hydrogen) atoms. The summed E-state index contributed by atoms with van der Waals surface area (Å²) in [7, 11) is 0. The lowest BCUT2D eigenvalue weighted by Crippen LogP contribution is -2.43. The van der Waals surface area contributed by atoms with E-state index in [0.717, 1.165) is 29.6 Å². The molecule has 4 aliphatic carbocycles. The first-order valence-electron chi connectivity index (χ1n) is 8.94. The van der Waals surface area contributed by atoms with Gasteiger partial charge in [0.25, 0.3) is 0 Å². The highest BCUT2D eigenvalue weighted by Gasteiger charge is 2.48. The molecule has 0 spiro atoms. The van der Waals surface area contributed by atoms with Crippen LogP contribution in [0.25, 0.3) is 11.1 Å². The third-order valence-electron chi connectivity index (χ3n) is 6.52. The maximum Gasteiger partial charge on any atom is -0.00992 e. The molecule has 0 unspecified atom stereocenters. The van der Waals surface area contributed by atoms with Crippen LogP contribution < -0.4 is 0 Å². The molecule has 4 aliphatic rings. The predicted molar refractivity (Wildman–Crippen MR) is 90.5 cm³/mol. The molecule has 2 aromatic rings. The maximum absolute atomic E-state index is 3.38. The second kappa shape index (κ2) is 4.98. The van der Waals surface area contributed by atoms with Crippen molar-refractivity contribution in [3.8, 4) is 11.1 Å². The van der Waals surface area contributed by atoms with Gasteiger partial charge in [-0.3, -0.25) is 0 Å². The molecule has 2 aromatic carbocycles. The second-order valence-electron chi connectivity index (χ2n) is 7.86. The van der Waals surface area contributed by atoms with Crippen LogP contribution in [-0.4, -0.2) is 0 Å². The molecule has 4 fully saturated rings. The summed E-state index contributed by atoms with van der Waals surface area (Å²) in [4.78, 5) is 0. The Balaban J connectivity index is 1.51. The van der Waals surface area contributed by atoms with Gasteiger partial charge in [-0.05, 0) is 84.5 Å². The molecule has 0 saturated heterocycles. The molecule has 0 heteroatoms. The van der Waals surface area contributed by atoms with Crippen molar-refractivity contribution in [3.63, 3.8) is 0 Å². The Hall–Kier alpha value is -1.56. The van der Waals surface area contributed by atoms with E-state index in [1.165, 1.54) is 36.8 Å². The van der Waals surface area contributed by atoms with E-state index in [4.69, 9.17) is 0 Å². The maximum atomic E-state index is 3.38. The van der Waals surface area contributed by atoms with Crippen LogP contribution in [0.3, 0.4) is 0 Å². The van der Waals surface area contributed by atoms with Crippen molar-refractivity contribution >= 4 is 0 Å². The Morgan fingerprint density at radius 3 is 2.23 bits per heavy atom. The summed E-state index contributed by atoms with van der Waals surface area (Å²) >= 11 is 0. The zero-order chi connectivity index (χ0) is 14.5. The molecule has 4 saturated carbocycles. The Labute approximate surface area is 133 Å². The summed E-state index contributed by atoms with van der Waals surface area (Å²) in [5.74, 6) is 4.88. The molecule has 6 rings (SSSR count). The summed E-state index contributed by atoms with van der Waals surface area (Å²) in [6.45, 7) is 0. The van der Waals surface area contributed by atoms with Crippen LogP contribution in [0.2, 0.25) is 0 Å². The molecular formula is C22H23. The van der Waals surface area contributed by atoms with Crippen LogP contribution in [0.1, 0.15) is 43.6 Å². The molecule has 0 nitrogen and oxygen atoms in total. The van der Waals surface area contributed by atoms with Gasteiger partial charge in [-0.1, -0.05) is 48.5 Å². The molecule has 0 aliphatic heterocycles. The van der Waals surface area contributed by atoms with Crippen molar-refractivity contribution < 1.29 is 0 Å². The fraction of sp³-hybridized carbons (Fsp3) is 0.455. The van der Waals surface area contributed by atoms with Crippen molar-refractivity contribution in [2.24, 2.45) is 23.7 Å². The van der Waals surface area contributed by atoms with E-state index in [9.17, 15) is 0 Å². The molecule has 4 bridgehead atoms. The fourth-order valence-electron chi connectivity index (χ4n) is 5.96. The number of hydrogen-bond donors (Lipinski definition) is 0. The summed E-state index contributed by atoms with van der Waals surface area (Å²) < 4.78 is 0. The second-order valence-corrected chi connectivity index (χ2v) is 7.86. The van der Waals surface area contributed by atoms with E-state index >= 15 is 0 Å². The molecule has 0 heterocycles. The fourth-order valence-corrected chi connectivity index (χ4v) is 5.96. The van der Waals surface area contributed by atoms with Gasteiger partial charge < -0.3 is 0 Å². The summed E-state index contributed by atoms with van der Waals surface area (Å²) in [6, 6.07) is 21.1. The van der Waals surface area contributed by atoms with Gasteiger partial charge in [0.05, 0.1) is 0 Å². The van der Waals surface area contributed by atoms with Crippen molar-refractivity contribution in [1.82, 2.24) is 0 Å². The largest absolute Gasteiger partial charge is 0.0616 e. The Morgan fingerprint density at radius 2 is 1.55 bits per heavy atom. The zero-order valence-electron chi connectivity index (χ0n) is 13.0. The van der Waals surface area contributed by atoms with Crippen LogP contribution in [0.5, 0.6) is 0 Å². The smallest absolute Gasteiger partial charge is 0.00992 e. The molecule has 0 N–H and O–H groups in total. The van der Waals surface area contributed by atoms with Crippen molar-refractivity contribution in [2.45, 2.75) is 38.0 Å². The quantitative estimate of drug-likeness (QED) is 0.665. The van der Waals surface area contributed by atoms with E-state index < -0.39 is 0 Å². The van der Waals surface area contributed by atoms with Gasteiger partial charge >= 0.3 is 0 Å². The van der Waals surface area contributed by atoms with E-state index in [1.54, 1.807) is 12.0 Å². The highest BCUT2D eigenvalue weighted by Crippen LogP contribution is 2.59. The molecular weight excluding hydrogens is 264 g/mol. The summed E-state index contributed by atoms with van der Waals surface area (Å²) in [6.07, 6.45) is 7.54.